The van der Waals surface area contributed by atoms with Crippen LogP contribution < -0.4 is 10.2 Å². The molecule has 6 nitrogen and oxygen atoms in total. The first-order chi connectivity index (χ1) is 13.2. The van der Waals surface area contributed by atoms with Gasteiger partial charge in [-0.1, -0.05) is 12.1 Å². The fourth-order valence-electron chi connectivity index (χ4n) is 3.52. The van der Waals surface area contributed by atoms with Gasteiger partial charge in [0.2, 0.25) is 5.91 Å². The van der Waals surface area contributed by atoms with Crippen LogP contribution >= 0.6 is 0 Å². The highest BCUT2D eigenvalue weighted by atomic mass is 16.5. The fraction of sp³-hybridized carbons (Fsp3) is 0.333. The third-order valence-corrected chi connectivity index (χ3v) is 4.97. The molecule has 1 saturated heterocycles. The summed E-state index contributed by atoms with van der Waals surface area (Å²) in [6.45, 7) is 3.94. The molecule has 27 heavy (non-hydrogen) atoms. The Balaban J connectivity index is 1.35. The molecule has 0 atom stereocenters. The summed E-state index contributed by atoms with van der Waals surface area (Å²) in [5.74, 6) is 0.0172. The maximum Gasteiger partial charge on any atom is 0.224 e. The van der Waals surface area contributed by atoms with Gasteiger partial charge in [0.15, 0.2) is 0 Å². The molecule has 1 N–H and O–H groups in total. The number of hydrogen-bond acceptors (Lipinski definition) is 4. The van der Waals surface area contributed by atoms with Crippen LogP contribution in [0.25, 0.3) is 11.0 Å². The second-order valence-corrected chi connectivity index (χ2v) is 6.86. The smallest absolute Gasteiger partial charge is 0.224 e. The van der Waals surface area contributed by atoms with Crippen LogP contribution in [0.15, 0.2) is 48.8 Å². The zero-order valence-corrected chi connectivity index (χ0v) is 15.5. The summed E-state index contributed by atoms with van der Waals surface area (Å²) < 4.78 is 7.35. The number of hydrogen-bond donors (Lipinski definition) is 1. The monoisotopic (exact) mass is 364 g/mol. The molecule has 0 bridgehead atoms. The first kappa shape index (κ1) is 17.5. The minimum absolute atomic E-state index is 0.0172. The Bertz CT molecular complexity index is 927. The van der Waals surface area contributed by atoms with Gasteiger partial charge in [-0.3, -0.25) is 4.79 Å². The van der Waals surface area contributed by atoms with E-state index < -0.39 is 0 Å². The van der Waals surface area contributed by atoms with Crippen molar-refractivity contribution in [2.24, 2.45) is 7.05 Å². The van der Waals surface area contributed by atoms with Crippen LogP contribution in [0.1, 0.15) is 11.1 Å². The highest BCUT2D eigenvalue weighted by Crippen LogP contribution is 2.19. The SMILES string of the molecule is Cn1cc(CC(=O)NCc2ccc(N3CCOCC3)cc2)c2cccnc21. The zero-order valence-electron chi connectivity index (χ0n) is 15.5. The van der Waals surface area contributed by atoms with Crippen LogP contribution in [0.4, 0.5) is 5.69 Å². The topological polar surface area (TPSA) is 59.4 Å². The summed E-state index contributed by atoms with van der Waals surface area (Å²) in [7, 11) is 1.95. The lowest BCUT2D eigenvalue weighted by Crippen LogP contribution is -2.36. The minimum Gasteiger partial charge on any atom is -0.378 e. The van der Waals surface area contributed by atoms with Crippen molar-refractivity contribution in [2.45, 2.75) is 13.0 Å². The molecular formula is C21H24N4O2. The number of fused-ring (bicyclic) bond motifs is 1. The van der Waals surface area contributed by atoms with Gasteiger partial charge in [-0.15, -0.1) is 0 Å². The zero-order chi connectivity index (χ0) is 18.6. The van der Waals surface area contributed by atoms with E-state index in [-0.39, 0.29) is 5.91 Å². The Labute approximate surface area is 158 Å². The van der Waals surface area contributed by atoms with E-state index in [0.29, 0.717) is 13.0 Å². The van der Waals surface area contributed by atoms with Crippen molar-refractivity contribution in [3.05, 3.63) is 59.9 Å². The molecule has 1 aliphatic rings. The van der Waals surface area contributed by atoms with Crippen molar-refractivity contribution in [1.82, 2.24) is 14.9 Å². The largest absolute Gasteiger partial charge is 0.378 e. The van der Waals surface area contributed by atoms with Crippen molar-refractivity contribution in [2.75, 3.05) is 31.2 Å². The maximum absolute atomic E-state index is 12.4. The van der Waals surface area contributed by atoms with E-state index in [1.165, 1.54) is 5.69 Å². The number of aromatic nitrogens is 2. The van der Waals surface area contributed by atoms with Crippen molar-refractivity contribution in [3.8, 4) is 0 Å². The van der Waals surface area contributed by atoms with Crippen molar-refractivity contribution in [1.29, 1.82) is 0 Å². The number of nitrogens with zero attached hydrogens (tertiary/aromatic N) is 3. The number of nitrogens with one attached hydrogen (secondary N) is 1. The van der Waals surface area contributed by atoms with Crippen molar-refractivity contribution < 1.29 is 9.53 Å². The van der Waals surface area contributed by atoms with Gasteiger partial charge >= 0.3 is 0 Å². The first-order valence-corrected chi connectivity index (χ1v) is 9.28. The van der Waals surface area contributed by atoms with E-state index >= 15 is 0 Å². The molecule has 0 unspecified atom stereocenters. The van der Waals surface area contributed by atoms with Gasteiger partial charge in [0, 0.05) is 50.1 Å². The lowest BCUT2D eigenvalue weighted by atomic mass is 10.1. The highest BCUT2D eigenvalue weighted by molar-refractivity contribution is 5.87. The molecule has 2 aromatic heterocycles. The van der Waals surface area contributed by atoms with Crippen molar-refractivity contribution in [3.63, 3.8) is 0 Å². The van der Waals surface area contributed by atoms with E-state index in [1.54, 1.807) is 6.20 Å². The molecule has 1 amide bonds. The lowest BCUT2D eigenvalue weighted by molar-refractivity contribution is -0.120. The lowest BCUT2D eigenvalue weighted by Gasteiger charge is -2.28. The van der Waals surface area contributed by atoms with Crippen LogP contribution in [0.2, 0.25) is 0 Å². The molecule has 0 saturated carbocycles. The normalized spacial score (nSPS) is 14.5. The summed E-state index contributed by atoms with van der Waals surface area (Å²) in [4.78, 5) is 19.1. The number of anilines is 1. The van der Waals surface area contributed by atoms with E-state index in [4.69, 9.17) is 4.74 Å². The molecule has 0 radical (unpaired) electrons. The van der Waals surface area contributed by atoms with E-state index in [1.807, 2.05) is 29.9 Å². The molecule has 1 aliphatic heterocycles. The average Bonchev–Trinajstić information content (AvgIpc) is 3.03. The second kappa shape index (κ2) is 7.80. The summed E-state index contributed by atoms with van der Waals surface area (Å²) in [5, 5.41) is 4.05. The van der Waals surface area contributed by atoms with Crippen LogP contribution in [-0.4, -0.2) is 41.8 Å². The molecule has 0 aliphatic carbocycles. The number of amides is 1. The molecular weight excluding hydrogens is 340 g/mol. The molecule has 4 rings (SSSR count). The Kier molecular flexibility index (Phi) is 5.07. The maximum atomic E-state index is 12.4. The third-order valence-electron chi connectivity index (χ3n) is 4.97. The van der Waals surface area contributed by atoms with E-state index in [2.05, 4.69) is 39.5 Å². The number of carbonyl (C=O) groups is 1. The average molecular weight is 364 g/mol. The van der Waals surface area contributed by atoms with Crippen LogP contribution in [0, 0.1) is 0 Å². The van der Waals surface area contributed by atoms with Gasteiger partial charge in [0.05, 0.1) is 19.6 Å². The summed E-state index contributed by atoms with van der Waals surface area (Å²) in [5.41, 5.74) is 4.20. The van der Waals surface area contributed by atoms with Crippen molar-refractivity contribution >= 4 is 22.6 Å². The molecule has 0 spiro atoms. The molecule has 3 heterocycles. The third kappa shape index (κ3) is 3.95. The Morgan fingerprint density at radius 3 is 2.74 bits per heavy atom. The summed E-state index contributed by atoms with van der Waals surface area (Å²) in [6.07, 6.45) is 4.11. The second-order valence-electron chi connectivity index (χ2n) is 6.86. The molecule has 140 valence electrons. The van der Waals surface area contributed by atoms with Crippen LogP contribution in [-0.2, 0) is 29.5 Å². The molecule has 1 aromatic carbocycles. The van der Waals surface area contributed by atoms with Gasteiger partial charge in [0.25, 0.3) is 0 Å². The predicted octanol–water partition coefficient (Wildman–Crippen LogP) is 2.27. The summed E-state index contributed by atoms with van der Waals surface area (Å²) in [6, 6.07) is 12.3. The standard InChI is InChI=1S/C21H24N4O2/c1-24-15-17(19-3-2-8-22-21(19)24)13-20(26)23-14-16-4-6-18(7-5-16)25-9-11-27-12-10-25/h2-8,15H,9-14H2,1H3,(H,23,26). The number of morpholine rings is 1. The number of ether oxygens (including phenoxy) is 1. The number of carbonyl (C=O) groups excluding carboxylic acids is 1. The molecule has 3 aromatic rings. The number of benzene rings is 1. The number of pyridine rings is 1. The van der Waals surface area contributed by atoms with Gasteiger partial charge in [0.1, 0.15) is 5.65 Å². The van der Waals surface area contributed by atoms with E-state index in [9.17, 15) is 4.79 Å². The predicted molar refractivity (Wildman–Crippen MR) is 106 cm³/mol. The molecule has 1 fully saturated rings. The summed E-state index contributed by atoms with van der Waals surface area (Å²) >= 11 is 0. The molecule has 6 heteroatoms. The van der Waals surface area contributed by atoms with Crippen LogP contribution in [0.5, 0.6) is 0 Å². The quantitative estimate of drug-likeness (QED) is 0.755. The Hall–Kier alpha value is -2.86. The minimum atomic E-state index is 0.0172. The van der Waals surface area contributed by atoms with Gasteiger partial charge in [-0.2, -0.15) is 0 Å². The number of aryl methyl sites for hydroxylation is 1. The van der Waals surface area contributed by atoms with Gasteiger partial charge < -0.3 is 19.5 Å². The first-order valence-electron chi connectivity index (χ1n) is 9.28. The number of rotatable bonds is 5. The van der Waals surface area contributed by atoms with Crippen LogP contribution in [0.3, 0.4) is 0 Å². The van der Waals surface area contributed by atoms with Gasteiger partial charge in [-0.05, 0) is 35.4 Å². The van der Waals surface area contributed by atoms with E-state index in [0.717, 1.165) is 48.5 Å². The Morgan fingerprint density at radius 2 is 1.96 bits per heavy atom. The highest BCUT2D eigenvalue weighted by Gasteiger charge is 2.12. The Morgan fingerprint density at radius 1 is 1.19 bits per heavy atom. The fourth-order valence-corrected chi connectivity index (χ4v) is 3.52. The van der Waals surface area contributed by atoms with Gasteiger partial charge in [-0.25, -0.2) is 4.98 Å².